The Labute approximate surface area is 103 Å². The molecular formula is C14H20N2O. The number of benzene rings is 1. The van der Waals surface area contributed by atoms with E-state index in [1.165, 1.54) is 16.8 Å². The average Bonchev–Trinajstić information content (AvgIpc) is 2.29. The van der Waals surface area contributed by atoms with E-state index in [-0.39, 0.29) is 5.91 Å². The number of amides is 1. The number of hydrogen-bond acceptors (Lipinski definition) is 2. The smallest absolute Gasteiger partial charge is 0.242 e. The van der Waals surface area contributed by atoms with E-state index >= 15 is 0 Å². The number of nitrogens with zero attached hydrogens (tertiary/aromatic N) is 2. The molecule has 92 valence electrons. The third-order valence-corrected chi connectivity index (χ3v) is 3.46. The molecule has 0 radical (unpaired) electrons. The Hall–Kier alpha value is -1.51. The molecule has 1 aliphatic heterocycles. The van der Waals surface area contributed by atoms with Crippen LogP contribution in [0.5, 0.6) is 0 Å². The lowest BCUT2D eigenvalue weighted by Crippen LogP contribution is -2.50. The Morgan fingerprint density at radius 2 is 1.82 bits per heavy atom. The third-order valence-electron chi connectivity index (χ3n) is 3.46. The van der Waals surface area contributed by atoms with E-state index in [0.29, 0.717) is 6.54 Å². The van der Waals surface area contributed by atoms with Crippen LogP contribution in [0.3, 0.4) is 0 Å². The quantitative estimate of drug-likeness (QED) is 0.778. The predicted molar refractivity (Wildman–Crippen MR) is 70.4 cm³/mol. The van der Waals surface area contributed by atoms with Gasteiger partial charge in [-0.15, -0.1) is 0 Å². The molecule has 2 rings (SSSR count). The maximum absolute atomic E-state index is 11.9. The summed E-state index contributed by atoms with van der Waals surface area (Å²) in [6.45, 7) is 9.36. The van der Waals surface area contributed by atoms with Crippen LogP contribution in [-0.2, 0) is 4.79 Å². The van der Waals surface area contributed by atoms with Crippen LogP contribution in [0, 0.1) is 13.8 Å². The van der Waals surface area contributed by atoms with E-state index in [4.69, 9.17) is 0 Å². The summed E-state index contributed by atoms with van der Waals surface area (Å²) in [7, 11) is 0. The van der Waals surface area contributed by atoms with Crippen LogP contribution in [-0.4, -0.2) is 37.0 Å². The van der Waals surface area contributed by atoms with Gasteiger partial charge >= 0.3 is 0 Å². The summed E-state index contributed by atoms with van der Waals surface area (Å²) < 4.78 is 0. The molecule has 1 saturated heterocycles. The second-order valence-corrected chi connectivity index (χ2v) is 4.64. The van der Waals surface area contributed by atoms with Gasteiger partial charge in [0.1, 0.15) is 0 Å². The van der Waals surface area contributed by atoms with Crippen molar-refractivity contribution in [2.24, 2.45) is 0 Å². The minimum atomic E-state index is 0.237. The molecule has 0 aromatic heterocycles. The van der Waals surface area contributed by atoms with Crippen LogP contribution in [0.4, 0.5) is 5.69 Å². The number of likely N-dealkylation sites (N-methyl/N-ethyl adjacent to an activating group) is 1. The summed E-state index contributed by atoms with van der Waals surface area (Å²) in [5.74, 6) is 0.237. The van der Waals surface area contributed by atoms with Crippen molar-refractivity contribution in [3.63, 3.8) is 0 Å². The van der Waals surface area contributed by atoms with Gasteiger partial charge < -0.3 is 9.80 Å². The van der Waals surface area contributed by atoms with E-state index in [0.717, 1.165) is 19.6 Å². The zero-order valence-corrected chi connectivity index (χ0v) is 10.9. The van der Waals surface area contributed by atoms with Crippen molar-refractivity contribution in [3.8, 4) is 0 Å². The van der Waals surface area contributed by atoms with Crippen molar-refractivity contribution < 1.29 is 4.79 Å². The molecule has 0 aliphatic carbocycles. The first-order chi connectivity index (χ1) is 8.13. The first-order valence-electron chi connectivity index (χ1n) is 6.22. The van der Waals surface area contributed by atoms with E-state index in [2.05, 4.69) is 36.9 Å². The summed E-state index contributed by atoms with van der Waals surface area (Å²) >= 11 is 0. The highest BCUT2D eigenvalue weighted by atomic mass is 16.2. The number of para-hydroxylation sites is 1. The van der Waals surface area contributed by atoms with E-state index in [9.17, 15) is 4.79 Å². The van der Waals surface area contributed by atoms with E-state index in [1.807, 2.05) is 11.8 Å². The van der Waals surface area contributed by atoms with Crippen LogP contribution >= 0.6 is 0 Å². The van der Waals surface area contributed by atoms with Gasteiger partial charge in [-0.25, -0.2) is 0 Å². The summed E-state index contributed by atoms with van der Waals surface area (Å²) in [5.41, 5.74) is 3.74. The normalized spacial score (nSPS) is 16.5. The summed E-state index contributed by atoms with van der Waals surface area (Å²) in [6, 6.07) is 6.29. The molecule has 1 aliphatic rings. The fourth-order valence-electron chi connectivity index (χ4n) is 2.54. The predicted octanol–water partition coefficient (Wildman–Crippen LogP) is 1.97. The first kappa shape index (κ1) is 12.0. The summed E-state index contributed by atoms with van der Waals surface area (Å²) in [5, 5.41) is 0. The number of piperazine rings is 1. The lowest BCUT2D eigenvalue weighted by Gasteiger charge is -2.36. The Bertz CT molecular complexity index is 408. The molecule has 1 aromatic carbocycles. The fraction of sp³-hybridized carbons (Fsp3) is 0.500. The van der Waals surface area contributed by atoms with Gasteiger partial charge in [0.05, 0.1) is 6.54 Å². The van der Waals surface area contributed by atoms with Crippen LogP contribution in [0.2, 0.25) is 0 Å². The number of aryl methyl sites for hydroxylation is 2. The zero-order chi connectivity index (χ0) is 12.4. The molecular weight excluding hydrogens is 212 g/mol. The highest BCUT2D eigenvalue weighted by Gasteiger charge is 2.24. The number of carbonyl (C=O) groups is 1. The van der Waals surface area contributed by atoms with Gasteiger partial charge in [0, 0.05) is 25.3 Å². The van der Waals surface area contributed by atoms with Crippen molar-refractivity contribution >= 4 is 11.6 Å². The van der Waals surface area contributed by atoms with Crippen molar-refractivity contribution in [2.45, 2.75) is 20.8 Å². The monoisotopic (exact) mass is 232 g/mol. The third kappa shape index (κ3) is 2.28. The molecule has 1 aromatic rings. The molecule has 0 N–H and O–H groups in total. The van der Waals surface area contributed by atoms with Crippen molar-refractivity contribution in [1.29, 1.82) is 0 Å². The molecule has 3 nitrogen and oxygen atoms in total. The van der Waals surface area contributed by atoms with Gasteiger partial charge in [-0.1, -0.05) is 18.2 Å². The largest absolute Gasteiger partial charge is 0.360 e. The maximum atomic E-state index is 11.9. The molecule has 0 atom stereocenters. The van der Waals surface area contributed by atoms with E-state index in [1.54, 1.807) is 0 Å². The van der Waals surface area contributed by atoms with Crippen LogP contribution in [0.25, 0.3) is 0 Å². The van der Waals surface area contributed by atoms with Gasteiger partial charge in [0.2, 0.25) is 5.91 Å². The zero-order valence-electron chi connectivity index (χ0n) is 10.9. The van der Waals surface area contributed by atoms with Gasteiger partial charge in [-0.05, 0) is 31.9 Å². The van der Waals surface area contributed by atoms with Crippen LogP contribution in [0.15, 0.2) is 18.2 Å². The minimum Gasteiger partial charge on any atom is -0.360 e. The SMILES string of the molecule is CCN1CCN(c2c(C)cccc2C)CC1=O. The molecule has 3 heteroatoms. The van der Waals surface area contributed by atoms with Gasteiger partial charge in [-0.3, -0.25) is 4.79 Å². The Kier molecular flexibility index (Phi) is 3.36. The lowest BCUT2D eigenvalue weighted by molar-refractivity contribution is -0.130. The molecule has 0 spiro atoms. The number of carbonyl (C=O) groups excluding carboxylic acids is 1. The average molecular weight is 232 g/mol. The lowest BCUT2D eigenvalue weighted by atomic mass is 10.1. The highest BCUT2D eigenvalue weighted by molar-refractivity contribution is 5.83. The van der Waals surface area contributed by atoms with E-state index < -0.39 is 0 Å². The first-order valence-corrected chi connectivity index (χ1v) is 6.22. The van der Waals surface area contributed by atoms with Crippen molar-refractivity contribution in [1.82, 2.24) is 4.90 Å². The molecule has 0 bridgehead atoms. The van der Waals surface area contributed by atoms with Crippen molar-refractivity contribution in [3.05, 3.63) is 29.3 Å². The highest BCUT2D eigenvalue weighted by Crippen LogP contribution is 2.25. The minimum absolute atomic E-state index is 0.237. The summed E-state index contributed by atoms with van der Waals surface area (Å²) in [4.78, 5) is 16.0. The molecule has 17 heavy (non-hydrogen) atoms. The molecule has 1 amide bonds. The van der Waals surface area contributed by atoms with Crippen molar-refractivity contribution in [2.75, 3.05) is 31.1 Å². The number of hydrogen-bond donors (Lipinski definition) is 0. The van der Waals surface area contributed by atoms with Gasteiger partial charge in [-0.2, -0.15) is 0 Å². The fourth-order valence-corrected chi connectivity index (χ4v) is 2.54. The Morgan fingerprint density at radius 3 is 2.35 bits per heavy atom. The Balaban J connectivity index is 2.22. The topological polar surface area (TPSA) is 23.6 Å². The number of anilines is 1. The summed E-state index contributed by atoms with van der Waals surface area (Å²) in [6.07, 6.45) is 0. The Morgan fingerprint density at radius 1 is 1.18 bits per heavy atom. The standard InChI is InChI=1S/C14H20N2O/c1-4-15-8-9-16(10-13(15)17)14-11(2)6-5-7-12(14)3/h5-7H,4,8-10H2,1-3H3. The molecule has 0 saturated carbocycles. The molecule has 0 unspecified atom stereocenters. The van der Waals surface area contributed by atoms with Gasteiger partial charge in [0.25, 0.3) is 0 Å². The number of rotatable bonds is 2. The maximum Gasteiger partial charge on any atom is 0.242 e. The van der Waals surface area contributed by atoms with Crippen LogP contribution in [0.1, 0.15) is 18.1 Å². The van der Waals surface area contributed by atoms with Crippen LogP contribution < -0.4 is 4.90 Å². The molecule has 1 heterocycles. The second kappa shape index (κ2) is 4.78. The van der Waals surface area contributed by atoms with Gasteiger partial charge in [0.15, 0.2) is 0 Å². The second-order valence-electron chi connectivity index (χ2n) is 4.64. The molecule has 1 fully saturated rings.